The molecule has 2 aromatic heterocycles. The maximum absolute atomic E-state index is 12.7. The Labute approximate surface area is 194 Å². The van der Waals surface area contributed by atoms with Gasteiger partial charge in [0.1, 0.15) is 11.9 Å². The number of aryl methyl sites for hydroxylation is 4. The fourth-order valence-electron chi connectivity index (χ4n) is 4.56. The normalized spacial score (nSPS) is 17.1. The van der Waals surface area contributed by atoms with E-state index in [9.17, 15) is 9.59 Å². The number of hydrogen-bond acceptors (Lipinski definition) is 5. The number of pyridine rings is 1. The van der Waals surface area contributed by atoms with Crippen molar-refractivity contribution in [3.63, 3.8) is 0 Å². The Kier molecular flexibility index (Phi) is 6.70. The molecule has 1 saturated heterocycles. The molecule has 176 valence electrons. The van der Waals surface area contributed by atoms with E-state index in [4.69, 9.17) is 14.5 Å². The van der Waals surface area contributed by atoms with Crippen molar-refractivity contribution in [2.75, 3.05) is 13.2 Å². The molecule has 33 heavy (non-hydrogen) atoms. The van der Waals surface area contributed by atoms with E-state index in [2.05, 4.69) is 36.6 Å². The van der Waals surface area contributed by atoms with Gasteiger partial charge in [-0.3, -0.25) is 9.59 Å². The molecule has 3 heterocycles. The van der Waals surface area contributed by atoms with E-state index in [1.165, 1.54) is 0 Å². The lowest BCUT2D eigenvalue weighted by Gasteiger charge is -2.21. The molecule has 0 spiro atoms. The molecule has 0 radical (unpaired) electrons. The van der Waals surface area contributed by atoms with Crippen molar-refractivity contribution < 1.29 is 14.3 Å². The van der Waals surface area contributed by atoms with E-state index < -0.39 is 0 Å². The van der Waals surface area contributed by atoms with Gasteiger partial charge in [0.15, 0.2) is 0 Å². The van der Waals surface area contributed by atoms with E-state index in [1.54, 1.807) is 11.6 Å². The summed E-state index contributed by atoms with van der Waals surface area (Å²) in [5.41, 5.74) is 4.68. The number of esters is 1. The molecule has 0 amide bonds. The fourth-order valence-corrected chi connectivity index (χ4v) is 4.56. The molecule has 7 heteroatoms. The highest BCUT2D eigenvalue weighted by Gasteiger charge is 2.28. The largest absolute Gasteiger partial charge is 0.460 e. The monoisotopic (exact) mass is 451 g/mol. The number of carbonyl (C=O) groups is 1. The van der Waals surface area contributed by atoms with Crippen LogP contribution in [0.15, 0.2) is 35.3 Å². The van der Waals surface area contributed by atoms with Gasteiger partial charge in [-0.2, -0.15) is 0 Å². The van der Waals surface area contributed by atoms with Crippen molar-refractivity contribution in [2.24, 2.45) is 25.9 Å². The number of hydrogen-bond donors (Lipinski definition) is 0. The summed E-state index contributed by atoms with van der Waals surface area (Å²) in [5.74, 6) is 0.766. The highest BCUT2D eigenvalue weighted by atomic mass is 16.6. The molecule has 3 aromatic rings. The predicted molar refractivity (Wildman–Crippen MR) is 128 cm³/mol. The summed E-state index contributed by atoms with van der Waals surface area (Å²) < 4.78 is 14.7. The van der Waals surface area contributed by atoms with E-state index >= 15 is 0 Å². The predicted octanol–water partition coefficient (Wildman–Crippen LogP) is 3.78. The van der Waals surface area contributed by atoms with Gasteiger partial charge in [0.2, 0.25) is 0 Å². The Hall–Kier alpha value is -2.93. The quantitative estimate of drug-likeness (QED) is 0.511. The summed E-state index contributed by atoms with van der Waals surface area (Å²) in [4.78, 5) is 29.7. The van der Waals surface area contributed by atoms with E-state index in [-0.39, 0.29) is 29.5 Å². The van der Waals surface area contributed by atoms with Crippen LogP contribution in [0, 0.1) is 18.8 Å². The topological polar surface area (TPSA) is 75.3 Å². The number of fused-ring (bicyclic) bond motifs is 1. The third-order valence-corrected chi connectivity index (χ3v) is 6.59. The van der Waals surface area contributed by atoms with Crippen molar-refractivity contribution in [2.45, 2.75) is 46.1 Å². The molecule has 0 N–H and O–H groups in total. The van der Waals surface area contributed by atoms with Gasteiger partial charge in [0, 0.05) is 37.8 Å². The van der Waals surface area contributed by atoms with Gasteiger partial charge in [0.05, 0.1) is 30.2 Å². The number of rotatable bonds is 7. The van der Waals surface area contributed by atoms with Crippen LogP contribution < -0.4 is 5.56 Å². The Morgan fingerprint density at radius 1 is 1.27 bits per heavy atom. The van der Waals surface area contributed by atoms with Gasteiger partial charge in [-0.1, -0.05) is 19.9 Å². The van der Waals surface area contributed by atoms with Crippen LogP contribution in [-0.4, -0.2) is 39.4 Å². The van der Waals surface area contributed by atoms with Crippen LogP contribution in [0.4, 0.5) is 0 Å². The number of nitrogens with zero attached hydrogens (tertiary/aromatic N) is 3. The second kappa shape index (κ2) is 9.51. The van der Waals surface area contributed by atoms with Crippen LogP contribution in [0.25, 0.3) is 22.4 Å². The average Bonchev–Trinajstić information content (AvgIpc) is 3.39. The minimum absolute atomic E-state index is 0.00140. The minimum atomic E-state index is -0.144. The van der Waals surface area contributed by atoms with Gasteiger partial charge in [-0.25, -0.2) is 4.98 Å². The lowest BCUT2D eigenvalue weighted by atomic mass is 9.89. The van der Waals surface area contributed by atoms with Crippen LogP contribution in [0.3, 0.4) is 0 Å². The molecular formula is C26H33N3O4. The van der Waals surface area contributed by atoms with Gasteiger partial charge < -0.3 is 18.6 Å². The first-order valence-electron chi connectivity index (χ1n) is 11.7. The summed E-state index contributed by atoms with van der Waals surface area (Å²) in [6, 6.07) is 8.17. The summed E-state index contributed by atoms with van der Waals surface area (Å²) >= 11 is 0. The van der Waals surface area contributed by atoms with E-state index in [1.807, 2.05) is 26.2 Å². The van der Waals surface area contributed by atoms with Crippen molar-refractivity contribution >= 4 is 17.0 Å². The van der Waals surface area contributed by atoms with Crippen LogP contribution in [0.1, 0.15) is 37.8 Å². The zero-order chi connectivity index (χ0) is 23.7. The maximum atomic E-state index is 12.7. The highest BCUT2D eigenvalue weighted by molar-refractivity contribution is 5.81. The highest BCUT2D eigenvalue weighted by Crippen LogP contribution is 2.26. The first-order valence-corrected chi connectivity index (χ1v) is 11.7. The molecule has 2 atom stereocenters. The summed E-state index contributed by atoms with van der Waals surface area (Å²) in [6.45, 7) is 7.13. The third-order valence-electron chi connectivity index (χ3n) is 6.59. The molecule has 1 aromatic carbocycles. The second-order valence-corrected chi connectivity index (χ2v) is 9.46. The first kappa shape index (κ1) is 23.2. The lowest BCUT2D eigenvalue weighted by molar-refractivity contribution is -0.155. The Bertz CT molecular complexity index is 1190. The van der Waals surface area contributed by atoms with Crippen molar-refractivity contribution in [3.05, 3.63) is 51.9 Å². The van der Waals surface area contributed by atoms with Crippen LogP contribution in [0.5, 0.6) is 0 Å². The molecule has 0 saturated carbocycles. The van der Waals surface area contributed by atoms with Gasteiger partial charge in [-0.15, -0.1) is 0 Å². The SMILES string of the molecule is Cc1cc(-c2nc3cc(CC[C@H](C(=O)OC4CCOC4)C(C)C)ccc3n2C)cn(C)c1=O. The molecule has 0 bridgehead atoms. The zero-order valence-electron chi connectivity index (χ0n) is 20.1. The Morgan fingerprint density at radius 2 is 2.06 bits per heavy atom. The Balaban J connectivity index is 1.53. The molecule has 1 fully saturated rings. The summed E-state index contributed by atoms with van der Waals surface area (Å²) in [6.07, 6.45) is 4.01. The minimum Gasteiger partial charge on any atom is -0.460 e. The molecular weight excluding hydrogens is 418 g/mol. The second-order valence-electron chi connectivity index (χ2n) is 9.46. The van der Waals surface area contributed by atoms with Gasteiger partial charge >= 0.3 is 5.97 Å². The smallest absolute Gasteiger partial charge is 0.309 e. The number of carbonyl (C=O) groups excluding carboxylic acids is 1. The van der Waals surface area contributed by atoms with E-state index in [0.717, 1.165) is 47.2 Å². The molecule has 1 unspecified atom stereocenters. The average molecular weight is 452 g/mol. The number of imidazole rings is 1. The third kappa shape index (κ3) is 4.88. The van der Waals surface area contributed by atoms with Crippen molar-refractivity contribution in [1.29, 1.82) is 0 Å². The molecule has 7 nitrogen and oxygen atoms in total. The fraction of sp³-hybridized carbons (Fsp3) is 0.500. The Morgan fingerprint density at radius 3 is 2.73 bits per heavy atom. The first-order chi connectivity index (χ1) is 15.7. The molecule has 1 aliphatic rings. The van der Waals surface area contributed by atoms with Crippen molar-refractivity contribution in [3.8, 4) is 11.4 Å². The molecule has 4 rings (SSSR count). The number of ether oxygens (including phenoxy) is 2. The lowest BCUT2D eigenvalue weighted by Crippen LogP contribution is -2.28. The maximum Gasteiger partial charge on any atom is 0.309 e. The van der Waals surface area contributed by atoms with E-state index in [0.29, 0.717) is 18.8 Å². The van der Waals surface area contributed by atoms with Gasteiger partial charge in [-0.05, 0) is 49.4 Å². The summed E-state index contributed by atoms with van der Waals surface area (Å²) in [7, 11) is 3.75. The van der Waals surface area contributed by atoms with Crippen molar-refractivity contribution in [1.82, 2.24) is 14.1 Å². The summed E-state index contributed by atoms with van der Waals surface area (Å²) in [5, 5.41) is 0. The number of benzene rings is 1. The van der Waals surface area contributed by atoms with Crippen LogP contribution in [0.2, 0.25) is 0 Å². The molecule has 0 aliphatic carbocycles. The van der Waals surface area contributed by atoms with Crippen LogP contribution >= 0.6 is 0 Å². The standard InChI is InChI=1S/C26H33N3O4/c1-16(2)21(26(31)33-20-10-11-32-15-20)8-6-18-7-9-23-22(13-18)27-24(29(23)5)19-12-17(3)25(30)28(4)14-19/h7,9,12-14,16,20-21H,6,8,10-11,15H2,1-5H3/t20?,21-/m0/s1. The molecule has 1 aliphatic heterocycles. The van der Waals surface area contributed by atoms with Gasteiger partial charge in [0.25, 0.3) is 5.56 Å². The number of aromatic nitrogens is 3. The zero-order valence-corrected chi connectivity index (χ0v) is 20.1. The van der Waals surface area contributed by atoms with Crippen LogP contribution in [-0.2, 0) is 34.8 Å².